The lowest BCUT2D eigenvalue weighted by Crippen LogP contribution is -2.12. The molecule has 6 heteroatoms. The van der Waals surface area contributed by atoms with Crippen molar-refractivity contribution >= 4 is 46.0 Å². The van der Waals surface area contributed by atoms with Gasteiger partial charge in [0.15, 0.2) is 0 Å². The number of pyridine rings is 1. The molecule has 3 rings (SSSR count). The summed E-state index contributed by atoms with van der Waals surface area (Å²) in [5, 5.41) is 0.678. The molecule has 1 saturated heterocycles. The molecule has 1 atom stereocenters. The smallest absolute Gasteiger partial charge is 0.111 e. The zero-order valence-corrected chi connectivity index (χ0v) is 12.1. The van der Waals surface area contributed by atoms with E-state index >= 15 is 0 Å². The van der Waals surface area contributed by atoms with E-state index in [1.165, 1.54) is 12.2 Å². The molecule has 0 N–H and O–H groups in total. The molecule has 1 unspecified atom stereocenters. The van der Waals surface area contributed by atoms with Crippen LogP contribution in [0.15, 0.2) is 12.4 Å². The molecule has 0 spiro atoms. The van der Waals surface area contributed by atoms with E-state index in [9.17, 15) is 0 Å². The minimum absolute atomic E-state index is 0.484. The summed E-state index contributed by atoms with van der Waals surface area (Å²) in [4.78, 5) is 8.74. The zero-order chi connectivity index (χ0) is 12.5. The van der Waals surface area contributed by atoms with Gasteiger partial charge in [-0.3, -0.25) is 4.98 Å². The van der Waals surface area contributed by atoms with E-state index in [1.54, 1.807) is 12.4 Å². The number of hydrogen-bond donors (Lipinski definition) is 0. The molecule has 1 fully saturated rings. The lowest BCUT2D eigenvalue weighted by molar-refractivity contribution is 0.552. The SMILES string of the molecule is ClCCc1nc2cncc(Cl)c2n1C1CCSC1. The van der Waals surface area contributed by atoms with E-state index in [0.717, 1.165) is 29.0 Å². The van der Waals surface area contributed by atoms with Crippen LogP contribution >= 0.6 is 35.0 Å². The Morgan fingerprint density at radius 3 is 3.06 bits per heavy atom. The number of imidazole rings is 1. The number of halogens is 2. The van der Waals surface area contributed by atoms with Gasteiger partial charge in [0.25, 0.3) is 0 Å². The molecule has 1 aliphatic rings. The van der Waals surface area contributed by atoms with Gasteiger partial charge in [-0.05, 0) is 12.2 Å². The van der Waals surface area contributed by atoms with Crippen LogP contribution < -0.4 is 0 Å². The minimum Gasteiger partial charge on any atom is -0.323 e. The van der Waals surface area contributed by atoms with Gasteiger partial charge >= 0.3 is 0 Å². The Hall–Kier alpha value is -0.450. The van der Waals surface area contributed by atoms with Gasteiger partial charge in [0, 0.05) is 30.3 Å². The fourth-order valence-electron chi connectivity index (χ4n) is 2.44. The number of rotatable bonds is 3. The van der Waals surface area contributed by atoms with Crippen molar-refractivity contribution in [2.75, 3.05) is 17.4 Å². The number of alkyl halides is 1. The molecule has 96 valence electrons. The summed E-state index contributed by atoms with van der Waals surface area (Å²) in [6.45, 7) is 0. The summed E-state index contributed by atoms with van der Waals surface area (Å²) >= 11 is 14.1. The average Bonchev–Trinajstić information content (AvgIpc) is 2.96. The highest BCUT2D eigenvalue weighted by molar-refractivity contribution is 7.99. The first-order valence-electron chi connectivity index (χ1n) is 5.95. The standard InChI is InChI=1S/C12H13Cl2N3S/c13-3-1-11-16-10-6-15-5-9(14)12(10)17(11)8-2-4-18-7-8/h5-6,8H,1-4,7H2. The van der Waals surface area contributed by atoms with Crippen molar-refractivity contribution in [3.8, 4) is 0 Å². The summed E-state index contributed by atoms with van der Waals surface area (Å²) in [5.74, 6) is 3.93. The molecule has 3 nitrogen and oxygen atoms in total. The van der Waals surface area contributed by atoms with Crippen LogP contribution in [0.3, 0.4) is 0 Å². The number of hydrogen-bond acceptors (Lipinski definition) is 3. The van der Waals surface area contributed by atoms with Crippen LogP contribution in [-0.2, 0) is 6.42 Å². The molecule has 0 bridgehead atoms. The lowest BCUT2D eigenvalue weighted by atomic mass is 10.2. The van der Waals surface area contributed by atoms with E-state index in [0.29, 0.717) is 16.9 Å². The zero-order valence-electron chi connectivity index (χ0n) is 9.77. The van der Waals surface area contributed by atoms with E-state index in [2.05, 4.69) is 14.5 Å². The molecule has 0 aliphatic carbocycles. The molecule has 18 heavy (non-hydrogen) atoms. The summed E-state index contributed by atoms with van der Waals surface area (Å²) < 4.78 is 2.28. The number of aryl methyl sites for hydroxylation is 1. The maximum atomic E-state index is 6.29. The van der Waals surface area contributed by atoms with E-state index in [4.69, 9.17) is 23.2 Å². The van der Waals surface area contributed by atoms with Gasteiger partial charge in [-0.1, -0.05) is 11.6 Å². The van der Waals surface area contributed by atoms with Crippen LogP contribution in [0.5, 0.6) is 0 Å². The van der Waals surface area contributed by atoms with Gasteiger partial charge in [-0.15, -0.1) is 11.6 Å². The van der Waals surface area contributed by atoms with Gasteiger partial charge in [-0.25, -0.2) is 4.98 Å². The van der Waals surface area contributed by atoms with Crippen molar-refractivity contribution in [2.24, 2.45) is 0 Å². The van der Waals surface area contributed by atoms with Crippen LogP contribution in [0.2, 0.25) is 5.02 Å². The van der Waals surface area contributed by atoms with Crippen molar-refractivity contribution < 1.29 is 0 Å². The quantitative estimate of drug-likeness (QED) is 0.812. The molecule has 1 aliphatic heterocycles. The van der Waals surface area contributed by atoms with Crippen LogP contribution in [0.1, 0.15) is 18.3 Å². The predicted molar refractivity (Wildman–Crippen MR) is 77.9 cm³/mol. The first-order valence-corrected chi connectivity index (χ1v) is 8.02. The lowest BCUT2D eigenvalue weighted by Gasteiger charge is -2.15. The Labute approximate surface area is 120 Å². The van der Waals surface area contributed by atoms with Crippen LogP contribution in [0.4, 0.5) is 0 Å². The highest BCUT2D eigenvalue weighted by Gasteiger charge is 2.24. The normalized spacial score (nSPS) is 19.8. The Balaban J connectivity index is 2.19. The second kappa shape index (κ2) is 5.27. The highest BCUT2D eigenvalue weighted by Crippen LogP contribution is 2.34. The molecule has 2 aromatic rings. The molecule has 2 aromatic heterocycles. The second-order valence-electron chi connectivity index (χ2n) is 4.34. The van der Waals surface area contributed by atoms with Gasteiger partial charge in [-0.2, -0.15) is 11.8 Å². The fourth-order valence-corrected chi connectivity index (χ4v) is 4.05. The van der Waals surface area contributed by atoms with Crippen LogP contribution in [-0.4, -0.2) is 31.9 Å². The van der Waals surface area contributed by atoms with Gasteiger partial charge in [0.2, 0.25) is 0 Å². The summed E-state index contributed by atoms with van der Waals surface area (Å²) in [6, 6.07) is 0.484. The fraction of sp³-hybridized carbons (Fsp3) is 0.500. The van der Waals surface area contributed by atoms with E-state index < -0.39 is 0 Å². The average molecular weight is 302 g/mol. The molecule has 0 amide bonds. The predicted octanol–water partition coefficient (Wildman–Crippen LogP) is 3.54. The Kier molecular flexibility index (Phi) is 3.68. The highest BCUT2D eigenvalue weighted by atomic mass is 35.5. The maximum absolute atomic E-state index is 6.29. The Bertz CT molecular complexity index is 564. The van der Waals surface area contributed by atoms with Crippen molar-refractivity contribution in [3.05, 3.63) is 23.2 Å². The van der Waals surface area contributed by atoms with E-state index in [1.807, 2.05) is 11.8 Å². The van der Waals surface area contributed by atoms with Gasteiger partial charge < -0.3 is 4.57 Å². The van der Waals surface area contributed by atoms with Crippen molar-refractivity contribution in [2.45, 2.75) is 18.9 Å². The molecular weight excluding hydrogens is 289 g/mol. The summed E-state index contributed by atoms with van der Waals surface area (Å²) in [6.07, 6.45) is 5.41. The Morgan fingerprint density at radius 2 is 2.33 bits per heavy atom. The van der Waals surface area contributed by atoms with Crippen LogP contribution in [0.25, 0.3) is 11.0 Å². The second-order valence-corrected chi connectivity index (χ2v) is 6.28. The number of aromatic nitrogens is 3. The van der Waals surface area contributed by atoms with E-state index in [-0.39, 0.29) is 0 Å². The van der Waals surface area contributed by atoms with Crippen molar-refractivity contribution in [1.29, 1.82) is 0 Å². The van der Waals surface area contributed by atoms with Crippen molar-refractivity contribution in [3.63, 3.8) is 0 Å². The Morgan fingerprint density at radius 1 is 1.44 bits per heavy atom. The first kappa shape index (κ1) is 12.6. The number of thioether (sulfide) groups is 1. The topological polar surface area (TPSA) is 30.7 Å². The monoisotopic (exact) mass is 301 g/mol. The largest absolute Gasteiger partial charge is 0.323 e. The molecule has 0 aromatic carbocycles. The summed E-state index contributed by atoms with van der Waals surface area (Å²) in [7, 11) is 0. The third-order valence-corrected chi connectivity index (χ3v) is 4.82. The summed E-state index contributed by atoms with van der Waals surface area (Å²) in [5.41, 5.74) is 1.89. The third-order valence-electron chi connectivity index (χ3n) is 3.21. The maximum Gasteiger partial charge on any atom is 0.111 e. The van der Waals surface area contributed by atoms with Gasteiger partial charge in [0.05, 0.1) is 16.7 Å². The van der Waals surface area contributed by atoms with Crippen LogP contribution in [0, 0.1) is 0 Å². The number of fused-ring (bicyclic) bond motifs is 1. The third kappa shape index (κ3) is 2.10. The molecule has 3 heterocycles. The first-order chi connectivity index (χ1) is 8.81. The molecular formula is C12H13Cl2N3S. The van der Waals surface area contributed by atoms with Crippen molar-refractivity contribution in [1.82, 2.24) is 14.5 Å². The molecule has 0 radical (unpaired) electrons. The number of nitrogens with zero attached hydrogens (tertiary/aromatic N) is 3. The van der Waals surface area contributed by atoms with Gasteiger partial charge in [0.1, 0.15) is 11.3 Å². The minimum atomic E-state index is 0.484. The molecule has 0 saturated carbocycles.